The minimum absolute atomic E-state index is 0.189. The van der Waals surface area contributed by atoms with E-state index in [1.807, 2.05) is 37.5 Å². The third kappa shape index (κ3) is 3.39. The highest BCUT2D eigenvalue weighted by molar-refractivity contribution is 7.80. The molecule has 7 heteroatoms. The third-order valence-electron chi connectivity index (χ3n) is 5.34. The van der Waals surface area contributed by atoms with Crippen molar-refractivity contribution in [2.45, 2.75) is 11.8 Å². The van der Waals surface area contributed by atoms with Crippen LogP contribution >= 0.6 is 12.6 Å². The number of carbonyl (C=O) groups is 1. The standard InChI is InChI=1S/C24H18N4O2S/c1-13-10-26-23-17(13)9-15(11-27-23)14-6-7-19-18(8-14)22(21(31)12-25-19)28-20-5-3-2-4-16(20)24(29)30/h2-12,31H,1H3,(H,25,28)(H,26,27)(H,29,30). The number of nitrogens with one attached hydrogen (secondary N) is 2. The van der Waals surface area contributed by atoms with Crippen molar-refractivity contribution in [1.82, 2.24) is 15.0 Å². The number of H-pyrrole nitrogens is 1. The van der Waals surface area contributed by atoms with E-state index in [9.17, 15) is 9.90 Å². The summed E-state index contributed by atoms with van der Waals surface area (Å²) >= 11 is 4.58. The molecule has 3 N–H and O–H groups in total. The Morgan fingerprint density at radius 1 is 1.03 bits per heavy atom. The number of fused-ring (bicyclic) bond motifs is 2. The van der Waals surface area contributed by atoms with Gasteiger partial charge >= 0.3 is 5.97 Å². The summed E-state index contributed by atoms with van der Waals surface area (Å²) < 4.78 is 0. The fraction of sp³-hybridized carbons (Fsp3) is 0.0417. The molecule has 0 aliphatic carbocycles. The van der Waals surface area contributed by atoms with E-state index >= 15 is 0 Å². The van der Waals surface area contributed by atoms with Gasteiger partial charge in [0.05, 0.1) is 22.5 Å². The number of thiol groups is 1. The van der Waals surface area contributed by atoms with Crippen molar-refractivity contribution in [3.8, 4) is 11.1 Å². The number of carboxylic acid groups (broad SMARTS) is 1. The zero-order valence-electron chi connectivity index (χ0n) is 16.5. The second-order valence-corrected chi connectivity index (χ2v) is 7.80. The maximum atomic E-state index is 11.6. The van der Waals surface area contributed by atoms with Gasteiger partial charge in [0.15, 0.2) is 0 Å². The Kier molecular flexibility index (Phi) is 4.60. The summed E-state index contributed by atoms with van der Waals surface area (Å²) in [5, 5.41) is 14.7. The lowest BCUT2D eigenvalue weighted by Gasteiger charge is -2.15. The molecule has 31 heavy (non-hydrogen) atoms. The van der Waals surface area contributed by atoms with Gasteiger partial charge in [-0.3, -0.25) is 4.98 Å². The summed E-state index contributed by atoms with van der Waals surface area (Å²) in [7, 11) is 0. The molecule has 0 saturated heterocycles. The number of benzene rings is 2. The number of carboxylic acids is 1. The Balaban J connectivity index is 1.66. The second-order valence-electron chi connectivity index (χ2n) is 7.32. The molecule has 152 valence electrons. The van der Waals surface area contributed by atoms with Crippen LogP contribution in [0.15, 0.2) is 72.0 Å². The van der Waals surface area contributed by atoms with Crippen molar-refractivity contribution in [3.63, 3.8) is 0 Å². The lowest BCUT2D eigenvalue weighted by molar-refractivity contribution is 0.0698. The van der Waals surface area contributed by atoms with Gasteiger partial charge in [-0.05, 0) is 48.4 Å². The van der Waals surface area contributed by atoms with Crippen LogP contribution in [0.4, 0.5) is 11.4 Å². The van der Waals surface area contributed by atoms with Crippen molar-refractivity contribution < 1.29 is 9.90 Å². The van der Waals surface area contributed by atoms with Crippen LogP contribution in [0.2, 0.25) is 0 Å². The largest absolute Gasteiger partial charge is 0.478 e. The molecule has 0 bridgehead atoms. The van der Waals surface area contributed by atoms with E-state index in [-0.39, 0.29) is 5.56 Å². The lowest BCUT2D eigenvalue weighted by atomic mass is 10.0. The van der Waals surface area contributed by atoms with Crippen LogP contribution in [-0.4, -0.2) is 26.0 Å². The van der Waals surface area contributed by atoms with Gasteiger partial charge in [0.1, 0.15) is 5.65 Å². The average Bonchev–Trinajstić information content (AvgIpc) is 3.15. The Bertz CT molecular complexity index is 1480. The molecule has 0 spiro atoms. The van der Waals surface area contributed by atoms with Crippen molar-refractivity contribution >= 4 is 51.9 Å². The number of aromatic nitrogens is 3. The van der Waals surface area contributed by atoms with Crippen LogP contribution in [-0.2, 0) is 0 Å². The number of aromatic amines is 1. The van der Waals surface area contributed by atoms with Crippen molar-refractivity contribution in [3.05, 3.63) is 78.2 Å². The van der Waals surface area contributed by atoms with E-state index in [0.29, 0.717) is 16.3 Å². The molecule has 0 unspecified atom stereocenters. The minimum Gasteiger partial charge on any atom is -0.478 e. The Morgan fingerprint density at radius 2 is 1.84 bits per heavy atom. The normalized spacial score (nSPS) is 11.2. The molecule has 0 saturated carbocycles. The third-order valence-corrected chi connectivity index (χ3v) is 5.68. The molecule has 3 heterocycles. The minimum atomic E-state index is -0.996. The predicted molar refractivity (Wildman–Crippen MR) is 126 cm³/mol. The highest BCUT2D eigenvalue weighted by Gasteiger charge is 2.14. The molecular weight excluding hydrogens is 408 g/mol. The highest BCUT2D eigenvalue weighted by atomic mass is 32.1. The van der Waals surface area contributed by atoms with Crippen LogP contribution < -0.4 is 5.32 Å². The van der Waals surface area contributed by atoms with E-state index in [1.54, 1.807) is 30.5 Å². The molecule has 5 aromatic rings. The first-order valence-corrected chi connectivity index (χ1v) is 10.1. The summed E-state index contributed by atoms with van der Waals surface area (Å²) in [6.45, 7) is 2.05. The molecule has 5 rings (SSSR count). The van der Waals surface area contributed by atoms with E-state index in [2.05, 4.69) is 39.0 Å². The van der Waals surface area contributed by atoms with E-state index in [1.165, 1.54) is 0 Å². The lowest BCUT2D eigenvalue weighted by Crippen LogP contribution is -2.03. The first kappa shape index (κ1) is 19.1. The monoisotopic (exact) mass is 426 g/mol. The molecule has 0 fully saturated rings. The van der Waals surface area contributed by atoms with Crippen molar-refractivity contribution in [1.29, 1.82) is 0 Å². The first-order valence-electron chi connectivity index (χ1n) is 9.66. The van der Waals surface area contributed by atoms with E-state index in [4.69, 9.17) is 0 Å². The average molecular weight is 427 g/mol. The van der Waals surface area contributed by atoms with Gasteiger partial charge in [-0.1, -0.05) is 18.2 Å². The van der Waals surface area contributed by atoms with Gasteiger partial charge in [0.2, 0.25) is 0 Å². The fourth-order valence-corrected chi connectivity index (χ4v) is 3.93. The van der Waals surface area contributed by atoms with Gasteiger partial charge in [-0.2, -0.15) is 0 Å². The van der Waals surface area contributed by atoms with Gasteiger partial charge in [0.25, 0.3) is 0 Å². The SMILES string of the molecule is Cc1c[nH]c2ncc(-c3ccc4ncc(S)c(Nc5ccccc5C(=O)O)c4c3)cc12. The second kappa shape index (κ2) is 7.45. The molecule has 0 amide bonds. The number of pyridine rings is 2. The maximum absolute atomic E-state index is 11.6. The zero-order valence-corrected chi connectivity index (χ0v) is 17.4. The Hall–Kier alpha value is -3.84. The van der Waals surface area contributed by atoms with Gasteiger partial charge in [0, 0.05) is 39.8 Å². The zero-order chi connectivity index (χ0) is 21.5. The molecule has 6 nitrogen and oxygen atoms in total. The first-order chi connectivity index (χ1) is 15.0. The quantitative estimate of drug-likeness (QED) is 0.272. The molecule has 0 radical (unpaired) electrons. The number of hydrogen-bond acceptors (Lipinski definition) is 5. The molecule has 0 atom stereocenters. The summed E-state index contributed by atoms with van der Waals surface area (Å²) in [4.78, 5) is 24.4. The number of hydrogen-bond donors (Lipinski definition) is 4. The summed E-state index contributed by atoms with van der Waals surface area (Å²) in [5.74, 6) is -0.996. The van der Waals surface area contributed by atoms with Crippen LogP contribution in [0, 0.1) is 6.92 Å². The molecule has 0 aliphatic heterocycles. The van der Waals surface area contributed by atoms with Gasteiger partial charge in [-0.15, -0.1) is 12.6 Å². The van der Waals surface area contributed by atoms with E-state index < -0.39 is 5.97 Å². The number of aryl methyl sites for hydroxylation is 1. The fourth-order valence-electron chi connectivity index (χ4n) is 3.70. The van der Waals surface area contributed by atoms with Crippen LogP contribution in [0.5, 0.6) is 0 Å². The summed E-state index contributed by atoms with van der Waals surface area (Å²) in [6.07, 6.45) is 5.44. The number of anilines is 2. The molecule has 0 aliphatic rings. The van der Waals surface area contributed by atoms with Crippen LogP contribution in [0.25, 0.3) is 33.1 Å². The number of nitrogens with zero attached hydrogens (tertiary/aromatic N) is 2. The number of aromatic carboxylic acids is 1. The van der Waals surface area contributed by atoms with E-state index in [0.717, 1.165) is 38.6 Å². The van der Waals surface area contributed by atoms with Crippen LogP contribution in [0.1, 0.15) is 15.9 Å². The summed E-state index contributed by atoms with van der Waals surface area (Å²) in [5.41, 5.74) is 6.13. The smallest absolute Gasteiger partial charge is 0.337 e. The number of rotatable bonds is 4. The Labute approximate surface area is 183 Å². The molecular formula is C24H18N4O2S. The molecule has 2 aromatic carbocycles. The van der Waals surface area contributed by atoms with Gasteiger partial charge in [-0.25, -0.2) is 9.78 Å². The number of para-hydroxylation sites is 1. The maximum Gasteiger partial charge on any atom is 0.337 e. The Morgan fingerprint density at radius 3 is 2.68 bits per heavy atom. The summed E-state index contributed by atoms with van der Waals surface area (Å²) in [6, 6.07) is 14.9. The highest BCUT2D eigenvalue weighted by Crippen LogP contribution is 2.35. The predicted octanol–water partition coefficient (Wildman–Crippen LogP) is 5.82. The molecule has 3 aromatic heterocycles. The van der Waals surface area contributed by atoms with Gasteiger partial charge < -0.3 is 15.4 Å². The topological polar surface area (TPSA) is 90.9 Å². The van der Waals surface area contributed by atoms with Crippen molar-refractivity contribution in [2.24, 2.45) is 0 Å². The van der Waals surface area contributed by atoms with Crippen molar-refractivity contribution in [2.75, 3.05) is 5.32 Å². The van der Waals surface area contributed by atoms with Crippen LogP contribution in [0.3, 0.4) is 0 Å².